The molecule has 5 nitrogen and oxygen atoms in total. The summed E-state index contributed by atoms with van der Waals surface area (Å²) in [7, 11) is 0. The van der Waals surface area contributed by atoms with Gasteiger partial charge in [0, 0.05) is 29.9 Å². The van der Waals surface area contributed by atoms with Crippen LogP contribution < -0.4 is 10.1 Å². The van der Waals surface area contributed by atoms with Crippen molar-refractivity contribution >= 4 is 0 Å². The van der Waals surface area contributed by atoms with Gasteiger partial charge in [-0.05, 0) is 19.9 Å². The van der Waals surface area contributed by atoms with Crippen LogP contribution in [0.2, 0.25) is 0 Å². The number of ether oxygens (including phenoxy) is 1. The van der Waals surface area contributed by atoms with Crippen LogP contribution in [0.15, 0.2) is 16.5 Å². The lowest BCUT2D eigenvalue weighted by molar-refractivity contribution is 0.258. The molecule has 0 aliphatic carbocycles. The lowest BCUT2D eigenvalue weighted by atomic mass is 10.2. The minimum Gasteiger partial charge on any atom is -0.468 e. The average Bonchev–Trinajstić information content (AvgIpc) is 2.90. The molecule has 2 aromatic rings. The zero-order valence-electron chi connectivity index (χ0n) is 11.9. The van der Waals surface area contributed by atoms with Crippen molar-refractivity contribution in [2.75, 3.05) is 0 Å². The lowest BCUT2D eigenvalue weighted by Crippen LogP contribution is -2.21. The molecule has 0 aliphatic rings. The maximum atomic E-state index is 5.67. The Hall–Kier alpha value is -1.75. The van der Waals surface area contributed by atoms with Gasteiger partial charge in [0.05, 0.1) is 0 Å². The maximum absolute atomic E-state index is 5.67. The molecule has 19 heavy (non-hydrogen) atoms. The first-order valence-corrected chi connectivity index (χ1v) is 6.51. The highest BCUT2D eigenvalue weighted by Gasteiger charge is 2.09. The fourth-order valence-electron chi connectivity index (χ4n) is 1.76. The minimum atomic E-state index is 0.396. The minimum absolute atomic E-state index is 0.396. The number of furan rings is 1. The highest BCUT2D eigenvalue weighted by Crippen LogP contribution is 2.17. The molecule has 2 heterocycles. The summed E-state index contributed by atoms with van der Waals surface area (Å²) in [5.74, 6) is 2.34. The Balaban J connectivity index is 1.92. The Bertz CT molecular complexity index is 529. The first-order valence-electron chi connectivity index (χ1n) is 6.51. The highest BCUT2D eigenvalue weighted by molar-refractivity contribution is 5.21. The third-order valence-electron chi connectivity index (χ3n) is 2.82. The summed E-state index contributed by atoms with van der Waals surface area (Å²) >= 11 is 0. The molecule has 0 bridgehead atoms. The number of aromatic amines is 1. The van der Waals surface area contributed by atoms with E-state index in [4.69, 9.17) is 9.15 Å². The predicted molar refractivity (Wildman–Crippen MR) is 73.1 cm³/mol. The molecular formula is C14H21N3O2. The molecule has 0 atom stereocenters. The van der Waals surface area contributed by atoms with E-state index in [1.807, 2.05) is 26.0 Å². The molecule has 0 amide bonds. The standard InChI is InChI=1S/C14H21N3O2/c1-9(2)15-7-12-6-13(19-11(12)4)8-18-14-5-10(3)16-17-14/h5-6,9,15H,7-8H2,1-4H3,(H,16,17). The molecule has 0 saturated heterocycles. The number of nitrogens with one attached hydrogen (secondary N) is 2. The molecule has 5 heteroatoms. The van der Waals surface area contributed by atoms with E-state index in [9.17, 15) is 0 Å². The Kier molecular flexibility index (Phi) is 4.27. The van der Waals surface area contributed by atoms with Gasteiger partial charge >= 0.3 is 0 Å². The quantitative estimate of drug-likeness (QED) is 0.841. The van der Waals surface area contributed by atoms with Crippen LogP contribution in [0.4, 0.5) is 0 Å². The zero-order valence-corrected chi connectivity index (χ0v) is 11.9. The van der Waals surface area contributed by atoms with E-state index in [-0.39, 0.29) is 0 Å². The monoisotopic (exact) mass is 263 g/mol. The topological polar surface area (TPSA) is 63.1 Å². The summed E-state index contributed by atoms with van der Waals surface area (Å²) in [6.45, 7) is 9.37. The molecular weight excluding hydrogens is 242 g/mol. The van der Waals surface area contributed by atoms with E-state index in [1.54, 1.807) is 0 Å². The van der Waals surface area contributed by atoms with Crippen LogP contribution in [0.3, 0.4) is 0 Å². The van der Waals surface area contributed by atoms with Gasteiger partial charge in [-0.15, -0.1) is 5.10 Å². The molecule has 0 aliphatic heterocycles. The van der Waals surface area contributed by atoms with E-state index < -0.39 is 0 Å². The van der Waals surface area contributed by atoms with Crippen molar-refractivity contribution in [3.05, 3.63) is 34.9 Å². The lowest BCUT2D eigenvalue weighted by Gasteiger charge is -2.05. The van der Waals surface area contributed by atoms with Crippen LogP contribution in [0, 0.1) is 13.8 Å². The van der Waals surface area contributed by atoms with Gasteiger partial charge in [-0.1, -0.05) is 13.8 Å². The third kappa shape index (κ3) is 3.86. The number of H-pyrrole nitrogens is 1. The second-order valence-corrected chi connectivity index (χ2v) is 5.01. The Morgan fingerprint density at radius 1 is 1.37 bits per heavy atom. The van der Waals surface area contributed by atoms with Gasteiger partial charge in [-0.3, -0.25) is 5.10 Å². The van der Waals surface area contributed by atoms with E-state index in [0.717, 1.165) is 23.8 Å². The normalized spacial score (nSPS) is 11.2. The molecule has 104 valence electrons. The van der Waals surface area contributed by atoms with Crippen molar-refractivity contribution in [2.24, 2.45) is 0 Å². The second kappa shape index (κ2) is 5.93. The molecule has 2 aromatic heterocycles. The third-order valence-corrected chi connectivity index (χ3v) is 2.82. The van der Waals surface area contributed by atoms with Gasteiger partial charge in [0.25, 0.3) is 0 Å². The van der Waals surface area contributed by atoms with Crippen LogP contribution in [0.1, 0.15) is 36.6 Å². The molecule has 2 rings (SSSR count). The fraction of sp³-hybridized carbons (Fsp3) is 0.500. The van der Waals surface area contributed by atoms with Gasteiger partial charge in [-0.2, -0.15) is 0 Å². The predicted octanol–water partition coefficient (Wildman–Crippen LogP) is 2.70. The number of aryl methyl sites for hydroxylation is 2. The summed E-state index contributed by atoms with van der Waals surface area (Å²) in [5, 5.41) is 10.2. The van der Waals surface area contributed by atoms with Crippen molar-refractivity contribution in [3.8, 4) is 5.88 Å². The van der Waals surface area contributed by atoms with Gasteiger partial charge < -0.3 is 14.5 Å². The van der Waals surface area contributed by atoms with Crippen LogP contribution >= 0.6 is 0 Å². The molecule has 0 aromatic carbocycles. The maximum Gasteiger partial charge on any atom is 0.233 e. The highest BCUT2D eigenvalue weighted by atomic mass is 16.5. The van der Waals surface area contributed by atoms with Crippen LogP contribution in [-0.4, -0.2) is 16.2 Å². The fourth-order valence-corrected chi connectivity index (χ4v) is 1.76. The SMILES string of the molecule is Cc1cc(OCc2cc(CNC(C)C)c(C)o2)n[nH]1. The molecule has 0 spiro atoms. The summed E-state index contributed by atoms with van der Waals surface area (Å²) in [5.41, 5.74) is 2.15. The van der Waals surface area contributed by atoms with E-state index in [2.05, 4.69) is 29.4 Å². The van der Waals surface area contributed by atoms with Crippen molar-refractivity contribution < 1.29 is 9.15 Å². The van der Waals surface area contributed by atoms with Gasteiger partial charge in [0.1, 0.15) is 18.1 Å². The molecule has 0 radical (unpaired) electrons. The first kappa shape index (κ1) is 13.7. The van der Waals surface area contributed by atoms with Crippen molar-refractivity contribution in [1.82, 2.24) is 15.5 Å². The Morgan fingerprint density at radius 2 is 2.16 bits per heavy atom. The van der Waals surface area contributed by atoms with Crippen molar-refractivity contribution in [1.29, 1.82) is 0 Å². The largest absolute Gasteiger partial charge is 0.468 e. The number of rotatable bonds is 6. The molecule has 0 unspecified atom stereocenters. The molecule has 0 saturated carbocycles. The van der Waals surface area contributed by atoms with E-state index >= 15 is 0 Å². The summed E-state index contributed by atoms with van der Waals surface area (Å²) in [6.07, 6.45) is 0. The number of hydrogen-bond acceptors (Lipinski definition) is 4. The van der Waals surface area contributed by atoms with Gasteiger partial charge in [0.15, 0.2) is 0 Å². The first-order chi connectivity index (χ1) is 9.04. The van der Waals surface area contributed by atoms with Crippen molar-refractivity contribution in [3.63, 3.8) is 0 Å². The van der Waals surface area contributed by atoms with Crippen LogP contribution in [-0.2, 0) is 13.2 Å². The smallest absolute Gasteiger partial charge is 0.233 e. The number of nitrogens with zero attached hydrogens (tertiary/aromatic N) is 1. The van der Waals surface area contributed by atoms with Crippen LogP contribution in [0.25, 0.3) is 0 Å². The molecule has 2 N–H and O–H groups in total. The van der Waals surface area contributed by atoms with Gasteiger partial charge in [0.2, 0.25) is 5.88 Å². The van der Waals surface area contributed by atoms with Crippen molar-refractivity contribution in [2.45, 2.75) is 46.9 Å². The Labute approximate surface area is 113 Å². The van der Waals surface area contributed by atoms with Crippen LogP contribution in [0.5, 0.6) is 5.88 Å². The molecule has 0 fully saturated rings. The number of hydrogen-bond donors (Lipinski definition) is 2. The average molecular weight is 263 g/mol. The summed E-state index contributed by atoms with van der Waals surface area (Å²) < 4.78 is 11.2. The van der Waals surface area contributed by atoms with E-state index in [0.29, 0.717) is 18.5 Å². The number of aromatic nitrogens is 2. The zero-order chi connectivity index (χ0) is 13.8. The van der Waals surface area contributed by atoms with Gasteiger partial charge in [-0.25, -0.2) is 0 Å². The van der Waals surface area contributed by atoms with E-state index in [1.165, 1.54) is 5.56 Å². The Morgan fingerprint density at radius 3 is 2.79 bits per heavy atom. The summed E-state index contributed by atoms with van der Waals surface area (Å²) in [4.78, 5) is 0. The second-order valence-electron chi connectivity index (χ2n) is 5.01. The summed E-state index contributed by atoms with van der Waals surface area (Å²) in [6, 6.07) is 4.35.